The molecule has 3 rings (SSSR count). The van der Waals surface area contributed by atoms with Gasteiger partial charge < -0.3 is 4.74 Å². The van der Waals surface area contributed by atoms with Gasteiger partial charge in [0.05, 0.1) is 16.8 Å². The van der Waals surface area contributed by atoms with Gasteiger partial charge in [0.2, 0.25) is 0 Å². The van der Waals surface area contributed by atoms with Crippen LogP contribution in [0.3, 0.4) is 0 Å². The zero-order valence-corrected chi connectivity index (χ0v) is 13.5. The number of allylic oxidation sites excluding steroid dienone is 1. The Balaban J connectivity index is 2.08. The standard InChI is InChI=1S/C18H13ClN2O3/c1-12-10-18(11-20,14-4-6-15(19)7-5-14)17(24-12)13-2-8-16(9-3-13)21(22)23/h2-10,17H,1H3/t17-,18-/m1/s1. The summed E-state index contributed by atoms with van der Waals surface area (Å²) in [6.45, 7) is 1.79. The molecule has 1 aliphatic rings. The molecule has 0 spiro atoms. The summed E-state index contributed by atoms with van der Waals surface area (Å²) in [4.78, 5) is 10.4. The highest BCUT2D eigenvalue weighted by atomic mass is 35.5. The van der Waals surface area contributed by atoms with Gasteiger partial charge in [-0.1, -0.05) is 23.7 Å². The summed E-state index contributed by atoms with van der Waals surface area (Å²) >= 11 is 5.94. The van der Waals surface area contributed by atoms with Crippen LogP contribution in [-0.2, 0) is 10.2 Å². The highest BCUT2D eigenvalue weighted by molar-refractivity contribution is 6.30. The third-order valence-electron chi connectivity index (χ3n) is 4.06. The van der Waals surface area contributed by atoms with Gasteiger partial charge in [-0.15, -0.1) is 0 Å². The molecule has 0 saturated heterocycles. The number of halogens is 1. The Kier molecular flexibility index (Phi) is 4.00. The summed E-state index contributed by atoms with van der Waals surface area (Å²) in [5, 5.41) is 21.3. The molecule has 2 aromatic rings. The van der Waals surface area contributed by atoms with Gasteiger partial charge in [0.25, 0.3) is 5.69 Å². The van der Waals surface area contributed by atoms with Crippen LogP contribution in [0, 0.1) is 21.4 Å². The van der Waals surface area contributed by atoms with Crippen LogP contribution in [-0.4, -0.2) is 4.92 Å². The zero-order valence-electron chi connectivity index (χ0n) is 12.8. The number of non-ortho nitro benzene ring substituents is 1. The summed E-state index contributed by atoms with van der Waals surface area (Å²) in [5.41, 5.74) is 0.445. The summed E-state index contributed by atoms with van der Waals surface area (Å²) in [6.07, 6.45) is 1.20. The van der Waals surface area contributed by atoms with Crippen LogP contribution in [0.5, 0.6) is 0 Å². The smallest absolute Gasteiger partial charge is 0.269 e. The minimum atomic E-state index is -1.01. The van der Waals surface area contributed by atoms with Gasteiger partial charge in [-0.25, -0.2) is 0 Å². The van der Waals surface area contributed by atoms with E-state index in [4.69, 9.17) is 16.3 Å². The van der Waals surface area contributed by atoms with Gasteiger partial charge in [-0.2, -0.15) is 5.26 Å². The van der Waals surface area contributed by atoms with Crippen LogP contribution in [0.25, 0.3) is 0 Å². The molecule has 0 saturated carbocycles. The summed E-state index contributed by atoms with van der Waals surface area (Å²) in [7, 11) is 0. The van der Waals surface area contributed by atoms with Crippen molar-refractivity contribution in [3.8, 4) is 6.07 Å². The largest absolute Gasteiger partial charge is 0.488 e. The molecule has 5 nitrogen and oxygen atoms in total. The van der Waals surface area contributed by atoms with Crippen molar-refractivity contribution in [2.75, 3.05) is 0 Å². The fourth-order valence-electron chi connectivity index (χ4n) is 2.93. The molecular formula is C18H13ClN2O3. The summed E-state index contributed by atoms with van der Waals surface area (Å²) in [5.74, 6) is 0.634. The van der Waals surface area contributed by atoms with Crippen molar-refractivity contribution in [3.63, 3.8) is 0 Å². The fraction of sp³-hybridized carbons (Fsp3) is 0.167. The first-order chi connectivity index (χ1) is 11.5. The van der Waals surface area contributed by atoms with Gasteiger partial charge in [-0.05, 0) is 48.4 Å². The van der Waals surface area contributed by atoms with Crippen molar-refractivity contribution in [1.82, 2.24) is 0 Å². The molecule has 120 valence electrons. The van der Waals surface area contributed by atoms with Crippen molar-refractivity contribution < 1.29 is 9.66 Å². The zero-order chi connectivity index (χ0) is 17.3. The maximum absolute atomic E-state index is 10.8. The van der Waals surface area contributed by atoms with Crippen molar-refractivity contribution >= 4 is 17.3 Å². The van der Waals surface area contributed by atoms with Gasteiger partial charge >= 0.3 is 0 Å². The van der Waals surface area contributed by atoms with Crippen LogP contribution < -0.4 is 0 Å². The molecular weight excluding hydrogens is 328 g/mol. The second-order valence-corrected chi connectivity index (χ2v) is 6.03. The van der Waals surface area contributed by atoms with E-state index in [1.807, 2.05) is 0 Å². The molecule has 1 aliphatic heterocycles. The predicted octanol–water partition coefficient (Wildman–Crippen LogP) is 4.68. The molecule has 0 N–H and O–H groups in total. The highest BCUT2D eigenvalue weighted by Crippen LogP contribution is 2.47. The third kappa shape index (κ3) is 2.61. The first-order valence-corrected chi connectivity index (χ1v) is 7.62. The van der Waals surface area contributed by atoms with Crippen molar-refractivity contribution in [2.24, 2.45) is 0 Å². The minimum Gasteiger partial charge on any atom is -0.488 e. The number of rotatable bonds is 3. The van der Waals surface area contributed by atoms with Crippen molar-refractivity contribution in [2.45, 2.75) is 18.4 Å². The number of nitro benzene ring substituents is 1. The Bertz CT molecular complexity index is 853. The maximum Gasteiger partial charge on any atom is 0.269 e. The quantitative estimate of drug-likeness (QED) is 0.600. The Morgan fingerprint density at radius 2 is 1.83 bits per heavy atom. The normalized spacial score (nSPS) is 22.4. The SMILES string of the molecule is CC1=C[C@@](C#N)(c2ccc(Cl)cc2)[C@@H](c2ccc([N+](=O)[O-])cc2)O1. The average Bonchev–Trinajstić information content (AvgIpc) is 2.93. The number of hydrogen-bond donors (Lipinski definition) is 0. The maximum atomic E-state index is 10.8. The van der Waals surface area contributed by atoms with E-state index in [9.17, 15) is 15.4 Å². The first kappa shape index (κ1) is 16.0. The number of nitriles is 1. The third-order valence-corrected chi connectivity index (χ3v) is 4.31. The second-order valence-electron chi connectivity index (χ2n) is 5.59. The monoisotopic (exact) mass is 340 g/mol. The van der Waals surface area contributed by atoms with E-state index >= 15 is 0 Å². The van der Waals surface area contributed by atoms with Gasteiger partial charge in [0.1, 0.15) is 11.5 Å². The first-order valence-electron chi connectivity index (χ1n) is 7.24. The van der Waals surface area contributed by atoms with Gasteiger partial charge in [0, 0.05) is 17.2 Å². The Morgan fingerprint density at radius 3 is 2.38 bits per heavy atom. The molecule has 0 bridgehead atoms. The number of benzene rings is 2. The minimum absolute atomic E-state index is 0.00419. The van der Waals surface area contributed by atoms with E-state index in [-0.39, 0.29) is 5.69 Å². The Labute approximate surface area is 143 Å². The molecule has 0 radical (unpaired) electrons. The molecule has 2 aromatic carbocycles. The topological polar surface area (TPSA) is 76.2 Å². The number of nitro groups is 1. The Hall–Kier alpha value is -2.84. The molecule has 1 heterocycles. The lowest BCUT2D eigenvalue weighted by Gasteiger charge is -2.27. The van der Waals surface area contributed by atoms with Crippen LogP contribution in [0.4, 0.5) is 5.69 Å². The number of hydrogen-bond acceptors (Lipinski definition) is 4. The molecule has 0 aromatic heterocycles. The summed E-state index contributed by atoms with van der Waals surface area (Å²) < 4.78 is 5.87. The molecule has 24 heavy (non-hydrogen) atoms. The average molecular weight is 341 g/mol. The number of ether oxygens (including phenoxy) is 1. The van der Waals surface area contributed by atoms with Crippen molar-refractivity contribution in [1.29, 1.82) is 5.26 Å². The van der Waals surface area contributed by atoms with Crippen LogP contribution >= 0.6 is 11.6 Å². The molecule has 0 aliphatic carbocycles. The van der Waals surface area contributed by atoms with Crippen molar-refractivity contribution in [3.05, 3.63) is 86.6 Å². The second kappa shape index (κ2) is 5.99. The van der Waals surface area contributed by atoms with E-state index in [0.29, 0.717) is 16.3 Å². The molecule has 0 unspecified atom stereocenters. The van der Waals surface area contributed by atoms with E-state index in [0.717, 1.165) is 5.56 Å². The molecule has 6 heteroatoms. The van der Waals surface area contributed by atoms with E-state index in [1.165, 1.54) is 12.1 Å². The lowest BCUT2D eigenvalue weighted by Crippen LogP contribution is -2.27. The van der Waals surface area contributed by atoms with Gasteiger partial charge in [0.15, 0.2) is 0 Å². The Morgan fingerprint density at radius 1 is 1.21 bits per heavy atom. The van der Waals surface area contributed by atoms with Crippen LogP contribution in [0.1, 0.15) is 24.2 Å². The lowest BCUT2D eigenvalue weighted by atomic mass is 9.75. The van der Waals surface area contributed by atoms with E-state index in [1.54, 1.807) is 49.4 Å². The predicted molar refractivity (Wildman–Crippen MR) is 89.4 cm³/mol. The molecule has 0 amide bonds. The molecule has 2 atom stereocenters. The number of nitrogens with zero attached hydrogens (tertiary/aromatic N) is 2. The van der Waals surface area contributed by atoms with Gasteiger partial charge in [-0.3, -0.25) is 10.1 Å². The summed E-state index contributed by atoms with van der Waals surface area (Å²) in [6, 6.07) is 15.5. The molecule has 0 fully saturated rings. The van der Waals surface area contributed by atoms with E-state index < -0.39 is 16.4 Å². The fourth-order valence-corrected chi connectivity index (χ4v) is 3.05. The lowest BCUT2D eigenvalue weighted by molar-refractivity contribution is -0.384. The van der Waals surface area contributed by atoms with Crippen LogP contribution in [0.2, 0.25) is 5.02 Å². The van der Waals surface area contributed by atoms with E-state index in [2.05, 4.69) is 6.07 Å². The van der Waals surface area contributed by atoms with Crippen LogP contribution in [0.15, 0.2) is 60.4 Å². The highest BCUT2D eigenvalue weighted by Gasteiger charge is 2.46.